The number of carbonyl (C=O) groups is 1. The number of carbonyl (C=O) groups excluding carboxylic acids is 1. The highest BCUT2D eigenvalue weighted by molar-refractivity contribution is 5.82. The summed E-state index contributed by atoms with van der Waals surface area (Å²) in [5.74, 6) is -0.225. The second-order valence-electron chi connectivity index (χ2n) is 5.57. The van der Waals surface area contributed by atoms with Gasteiger partial charge in [0, 0.05) is 19.1 Å². The number of nitrogens with one attached hydrogen (secondary N) is 2. The minimum absolute atomic E-state index is 0.204. The van der Waals surface area contributed by atoms with Crippen molar-refractivity contribution >= 4 is 5.97 Å². The van der Waals surface area contributed by atoms with Crippen LogP contribution in [0.4, 0.5) is 0 Å². The molecule has 0 aromatic rings. The van der Waals surface area contributed by atoms with E-state index < -0.39 is 11.1 Å². The van der Waals surface area contributed by atoms with Crippen LogP contribution >= 0.6 is 0 Å². The molecular formula is C11H20N2O3. The van der Waals surface area contributed by atoms with Crippen molar-refractivity contribution in [3.8, 4) is 0 Å². The molecule has 2 unspecified atom stereocenters. The molecule has 2 atom stereocenters. The first-order valence-electron chi connectivity index (χ1n) is 5.71. The molecule has 0 aromatic heterocycles. The molecule has 0 saturated carbocycles. The van der Waals surface area contributed by atoms with E-state index in [4.69, 9.17) is 9.47 Å². The van der Waals surface area contributed by atoms with Crippen LogP contribution in [0, 0.1) is 0 Å². The molecule has 2 saturated heterocycles. The number of hydrogen-bond acceptors (Lipinski definition) is 5. The molecule has 2 N–H and O–H groups in total. The van der Waals surface area contributed by atoms with Crippen molar-refractivity contribution in [3.63, 3.8) is 0 Å². The zero-order valence-electron chi connectivity index (χ0n) is 10.1. The Morgan fingerprint density at radius 1 is 1.50 bits per heavy atom. The van der Waals surface area contributed by atoms with Crippen LogP contribution in [0.1, 0.15) is 20.8 Å². The van der Waals surface area contributed by atoms with E-state index >= 15 is 0 Å². The molecule has 16 heavy (non-hydrogen) atoms. The average molecular weight is 228 g/mol. The summed E-state index contributed by atoms with van der Waals surface area (Å²) >= 11 is 0. The summed E-state index contributed by atoms with van der Waals surface area (Å²) in [6.45, 7) is 8.06. The highest BCUT2D eigenvalue weighted by Crippen LogP contribution is 2.20. The first-order valence-corrected chi connectivity index (χ1v) is 5.71. The van der Waals surface area contributed by atoms with Crippen molar-refractivity contribution in [2.75, 3.05) is 26.3 Å². The van der Waals surface area contributed by atoms with Crippen LogP contribution in [0.2, 0.25) is 0 Å². The standard InChI is InChI=1S/C11H20N2O3/c1-10(2,3)16-9(14)11-6-12-4-8(13-11)5-15-7-11/h8,12-13H,4-7H2,1-3H3. The fraction of sp³-hybridized carbons (Fsp3) is 0.909. The number of piperazine rings is 1. The van der Waals surface area contributed by atoms with E-state index in [9.17, 15) is 4.79 Å². The van der Waals surface area contributed by atoms with E-state index in [2.05, 4.69) is 10.6 Å². The fourth-order valence-corrected chi connectivity index (χ4v) is 2.09. The van der Waals surface area contributed by atoms with E-state index in [1.54, 1.807) is 0 Å². The van der Waals surface area contributed by atoms with Crippen LogP contribution in [-0.4, -0.2) is 49.5 Å². The van der Waals surface area contributed by atoms with Gasteiger partial charge in [0.2, 0.25) is 0 Å². The van der Waals surface area contributed by atoms with Gasteiger partial charge < -0.3 is 14.8 Å². The van der Waals surface area contributed by atoms with Crippen molar-refractivity contribution in [1.82, 2.24) is 10.6 Å². The summed E-state index contributed by atoms with van der Waals surface area (Å²) < 4.78 is 10.9. The van der Waals surface area contributed by atoms with Crippen LogP contribution in [0.3, 0.4) is 0 Å². The van der Waals surface area contributed by atoms with Gasteiger partial charge in [-0.15, -0.1) is 0 Å². The molecule has 2 fully saturated rings. The van der Waals surface area contributed by atoms with Gasteiger partial charge in [-0.3, -0.25) is 5.32 Å². The third-order valence-electron chi connectivity index (χ3n) is 2.76. The van der Waals surface area contributed by atoms with Gasteiger partial charge in [-0.25, -0.2) is 4.79 Å². The normalized spacial score (nSPS) is 34.6. The van der Waals surface area contributed by atoms with Crippen molar-refractivity contribution in [2.45, 2.75) is 38.0 Å². The Kier molecular flexibility index (Phi) is 2.94. The minimum Gasteiger partial charge on any atom is -0.458 e. The second kappa shape index (κ2) is 3.98. The van der Waals surface area contributed by atoms with Crippen LogP contribution < -0.4 is 10.6 Å². The number of ether oxygens (including phenoxy) is 2. The topological polar surface area (TPSA) is 59.6 Å². The molecule has 92 valence electrons. The predicted octanol–water partition coefficient (Wildman–Crippen LogP) is -0.341. The third-order valence-corrected chi connectivity index (χ3v) is 2.76. The Bertz CT molecular complexity index is 275. The molecule has 2 rings (SSSR count). The van der Waals surface area contributed by atoms with Crippen LogP contribution in [0.5, 0.6) is 0 Å². The summed E-state index contributed by atoms with van der Waals surface area (Å²) in [7, 11) is 0. The molecule has 5 nitrogen and oxygen atoms in total. The van der Waals surface area contributed by atoms with Crippen LogP contribution in [0.25, 0.3) is 0 Å². The van der Waals surface area contributed by atoms with Gasteiger partial charge >= 0.3 is 5.97 Å². The Morgan fingerprint density at radius 3 is 2.94 bits per heavy atom. The molecule has 2 aliphatic heterocycles. The molecule has 2 aliphatic rings. The number of rotatable bonds is 1. The lowest BCUT2D eigenvalue weighted by Crippen LogP contribution is -2.74. The average Bonchev–Trinajstić information content (AvgIpc) is 2.15. The zero-order chi connectivity index (χ0) is 11.8. The van der Waals surface area contributed by atoms with Gasteiger partial charge in [-0.05, 0) is 20.8 Å². The summed E-state index contributed by atoms with van der Waals surface area (Å²) in [6, 6.07) is 0.204. The zero-order valence-corrected chi connectivity index (χ0v) is 10.1. The van der Waals surface area contributed by atoms with Crippen LogP contribution in [-0.2, 0) is 14.3 Å². The molecule has 0 amide bonds. The fourth-order valence-electron chi connectivity index (χ4n) is 2.09. The Labute approximate surface area is 95.9 Å². The van der Waals surface area contributed by atoms with Gasteiger partial charge in [0.05, 0.1) is 13.2 Å². The highest BCUT2D eigenvalue weighted by Gasteiger charge is 2.47. The monoisotopic (exact) mass is 228 g/mol. The summed E-state index contributed by atoms with van der Waals surface area (Å²) in [6.07, 6.45) is 0. The Hall–Kier alpha value is -0.650. The summed E-state index contributed by atoms with van der Waals surface area (Å²) in [4.78, 5) is 12.1. The van der Waals surface area contributed by atoms with Gasteiger partial charge in [0.15, 0.2) is 5.54 Å². The molecular weight excluding hydrogens is 208 g/mol. The maximum absolute atomic E-state index is 12.1. The molecule has 0 spiro atoms. The smallest absolute Gasteiger partial charge is 0.330 e. The predicted molar refractivity (Wildman–Crippen MR) is 59.2 cm³/mol. The van der Waals surface area contributed by atoms with Crippen molar-refractivity contribution in [1.29, 1.82) is 0 Å². The van der Waals surface area contributed by atoms with E-state index in [0.717, 1.165) is 6.54 Å². The quantitative estimate of drug-likeness (QED) is 0.601. The molecule has 0 radical (unpaired) electrons. The largest absolute Gasteiger partial charge is 0.458 e. The molecule has 2 heterocycles. The lowest BCUT2D eigenvalue weighted by molar-refractivity contribution is -0.171. The van der Waals surface area contributed by atoms with Gasteiger partial charge in [-0.2, -0.15) is 0 Å². The van der Waals surface area contributed by atoms with Crippen molar-refractivity contribution < 1.29 is 14.3 Å². The SMILES string of the molecule is CC(C)(C)OC(=O)C12CNCC(COC1)N2. The lowest BCUT2D eigenvalue weighted by Gasteiger charge is -2.45. The van der Waals surface area contributed by atoms with E-state index in [1.165, 1.54) is 0 Å². The van der Waals surface area contributed by atoms with E-state index in [1.807, 2.05) is 20.8 Å². The van der Waals surface area contributed by atoms with Gasteiger partial charge in [0.25, 0.3) is 0 Å². The van der Waals surface area contributed by atoms with Crippen molar-refractivity contribution in [3.05, 3.63) is 0 Å². The first-order chi connectivity index (χ1) is 7.41. The first kappa shape index (κ1) is 11.8. The number of esters is 1. The van der Waals surface area contributed by atoms with Gasteiger partial charge in [-0.1, -0.05) is 0 Å². The lowest BCUT2D eigenvalue weighted by atomic mass is 9.94. The number of hydrogen-bond donors (Lipinski definition) is 2. The van der Waals surface area contributed by atoms with Crippen LogP contribution in [0.15, 0.2) is 0 Å². The number of fused-ring (bicyclic) bond motifs is 2. The minimum atomic E-state index is -0.700. The van der Waals surface area contributed by atoms with Gasteiger partial charge in [0.1, 0.15) is 5.60 Å². The Balaban J connectivity index is 2.08. The maximum atomic E-state index is 12.1. The summed E-state index contributed by atoms with van der Waals surface area (Å²) in [5.41, 5.74) is -1.16. The molecule has 0 aromatic carbocycles. The Morgan fingerprint density at radius 2 is 2.25 bits per heavy atom. The summed E-state index contributed by atoms with van der Waals surface area (Å²) in [5, 5.41) is 6.58. The maximum Gasteiger partial charge on any atom is 0.330 e. The molecule has 5 heteroatoms. The van der Waals surface area contributed by atoms with Crippen molar-refractivity contribution in [2.24, 2.45) is 0 Å². The third kappa shape index (κ3) is 2.36. The highest BCUT2D eigenvalue weighted by atomic mass is 16.6. The van der Waals surface area contributed by atoms with E-state index in [-0.39, 0.29) is 12.0 Å². The number of morpholine rings is 1. The molecule has 2 bridgehead atoms. The van der Waals surface area contributed by atoms with E-state index in [0.29, 0.717) is 19.8 Å². The molecule has 0 aliphatic carbocycles. The second-order valence-corrected chi connectivity index (χ2v) is 5.57.